The standard InChI is InChI=1S/C14H13F3N2O3/c1-22-10(20)6-19-7-13(4-5-13)11-8(12(19)21)2-3-9(18-11)14(15,16)17/h2-3H,4-7H2,1H3. The monoisotopic (exact) mass is 314 g/mol. The van der Waals surface area contributed by atoms with Gasteiger partial charge in [0.25, 0.3) is 5.91 Å². The van der Waals surface area contributed by atoms with Crippen LogP contribution in [0.4, 0.5) is 13.2 Å². The van der Waals surface area contributed by atoms with Crippen molar-refractivity contribution in [3.8, 4) is 0 Å². The highest BCUT2D eigenvalue weighted by Crippen LogP contribution is 2.52. The number of rotatable bonds is 2. The molecule has 8 heteroatoms. The summed E-state index contributed by atoms with van der Waals surface area (Å²) in [6.45, 7) is -0.0141. The fraction of sp³-hybridized carbons (Fsp3) is 0.500. The molecule has 1 amide bonds. The fourth-order valence-electron chi connectivity index (χ4n) is 2.77. The van der Waals surface area contributed by atoms with E-state index in [1.807, 2.05) is 0 Å². The molecule has 0 saturated heterocycles. The van der Waals surface area contributed by atoms with Gasteiger partial charge in [-0.3, -0.25) is 9.59 Å². The number of hydrogen-bond acceptors (Lipinski definition) is 4. The number of hydrogen-bond donors (Lipinski definition) is 0. The predicted molar refractivity (Wildman–Crippen MR) is 68.1 cm³/mol. The van der Waals surface area contributed by atoms with Crippen molar-refractivity contribution in [3.63, 3.8) is 0 Å². The minimum atomic E-state index is -4.54. The third-order valence-corrected chi connectivity index (χ3v) is 4.10. The Morgan fingerprint density at radius 3 is 2.64 bits per heavy atom. The van der Waals surface area contributed by atoms with Crippen molar-refractivity contribution in [1.29, 1.82) is 0 Å². The fourth-order valence-corrected chi connectivity index (χ4v) is 2.77. The summed E-state index contributed by atoms with van der Waals surface area (Å²) >= 11 is 0. The molecule has 0 N–H and O–H groups in total. The molecule has 1 saturated carbocycles. The van der Waals surface area contributed by atoms with Gasteiger partial charge in [-0.25, -0.2) is 4.98 Å². The van der Waals surface area contributed by atoms with E-state index in [2.05, 4.69) is 9.72 Å². The summed E-state index contributed by atoms with van der Waals surface area (Å²) in [6.07, 6.45) is -3.24. The second-order valence-corrected chi connectivity index (χ2v) is 5.61. The van der Waals surface area contributed by atoms with E-state index in [0.717, 1.165) is 12.1 Å². The van der Waals surface area contributed by atoms with Crippen LogP contribution in [0.25, 0.3) is 0 Å². The molecule has 0 aromatic carbocycles. The topological polar surface area (TPSA) is 59.5 Å². The maximum absolute atomic E-state index is 12.8. The van der Waals surface area contributed by atoms with E-state index < -0.39 is 29.2 Å². The minimum absolute atomic E-state index is 0.139. The SMILES string of the molecule is COC(=O)CN1CC2(CC2)c2nc(C(F)(F)F)ccc2C1=O. The molecule has 1 aliphatic heterocycles. The molecule has 2 aliphatic rings. The Morgan fingerprint density at radius 2 is 2.09 bits per heavy atom. The van der Waals surface area contributed by atoms with Crippen LogP contribution in [-0.2, 0) is 21.1 Å². The molecule has 3 rings (SSSR count). The van der Waals surface area contributed by atoms with Gasteiger partial charge >= 0.3 is 12.1 Å². The minimum Gasteiger partial charge on any atom is -0.468 e. The van der Waals surface area contributed by atoms with E-state index in [-0.39, 0.29) is 24.3 Å². The largest absolute Gasteiger partial charge is 0.468 e. The van der Waals surface area contributed by atoms with Crippen molar-refractivity contribution < 1.29 is 27.5 Å². The second kappa shape index (κ2) is 4.69. The molecule has 1 spiro atoms. The van der Waals surface area contributed by atoms with Crippen molar-refractivity contribution >= 4 is 11.9 Å². The third kappa shape index (κ3) is 2.32. The molecule has 22 heavy (non-hydrogen) atoms. The van der Waals surface area contributed by atoms with E-state index in [9.17, 15) is 22.8 Å². The highest BCUT2D eigenvalue weighted by molar-refractivity contribution is 5.98. The van der Waals surface area contributed by atoms with Gasteiger partial charge < -0.3 is 9.64 Å². The van der Waals surface area contributed by atoms with Gasteiger partial charge in [-0.1, -0.05) is 0 Å². The second-order valence-electron chi connectivity index (χ2n) is 5.61. The lowest BCUT2D eigenvalue weighted by molar-refractivity contribution is -0.141. The molecule has 118 valence electrons. The van der Waals surface area contributed by atoms with Crippen LogP contribution in [0.5, 0.6) is 0 Å². The highest BCUT2D eigenvalue weighted by atomic mass is 19.4. The van der Waals surface area contributed by atoms with Gasteiger partial charge in [-0.15, -0.1) is 0 Å². The van der Waals surface area contributed by atoms with Gasteiger partial charge in [0.2, 0.25) is 0 Å². The first-order valence-electron chi connectivity index (χ1n) is 6.72. The van der Waals surface area contributed by atoms with Crippen LogP contribution >= 0.6 is 0 Å². The molecule has 5 nitrogen and oxygen atoms in total. The zero-order valence-corrected chi connectivity index (χ0v) is 11.7. The number of aromatic nitrogens is 1. The Bertz CT molecular complexity index is 653. The Labute approximate surface area is 124 Å². The number of halogens is 3. The van der Waals surface area contributed by atoms with Gasteiger partial charge in [0.15, 0.2) is 0 Å². The van der Waals surface area contributed by atoms with Crippen LogP contribution in [0.2, 0.25) is 0 Å². The number of ether oxygens (including phenoxy) is 1. The van der Waals surface area contributed by atoms with E-state index in [1.165, 1.54) is 12.0 Å². The Kier molecular flexibility index (Phi) is 3.15. The molecule has 1 aromatic heterocycles. The molecule has 1 fully saturated rings. The number of carbonyl (C=O) groups is 2. The molecule has 1 aromatic rings. The first-order valence-corrected chi connectivity index (χ1v) is 6.72. The quantitative estimate of drug-likeness (QED) is 0.781. The van der Waals surface area contributed by atoms with E-state index in [4.69, 9.17) is 0 Å². The zero-order valence-electron chi connectivity index (χ0n) is 11.7. The van der Waals surface area contributed by atoms with Crippen LogP contribution in [0, 0.1) is 0 Å². The summed E-state index contributed by atoms with van der Waals surface area (Å²) in [5, 5.41) is 0. The van der Waals surface area contributed by atoms with E-state index >= 15 is 0 Å². The summed E-state index contributed by atoms with van der Waals surface area (Å²) in [5.74, 6) is -1.05. The van der Waals surface area contributed by atoms with Crippen LogP contribution in [0.1, 0.15) is 34.6 Å². The van der Waals surface area contributed by atoms with Crippen molar-refractivity contribution in [2.24, 2.45) is 0 Å². The maximum atomic E-state index is 12.8. The normalized spacial score (nSPS) is 19.1. The molecule has 0 unspecified atom stereocenters. The van der Waals surface area contributed by atoms with Crippen LogP contribution in [-0.4, -0.2) is 42.0 Å². The average molecular weight is 314 g/mol. The number of methoxy groups -OCH3 is 1. The molecule has 1 aliphatic carbocycles. The average Bonchev–Trinajstić information content (AvgIpc) is 3.23. The molecule has 0 atom stereocenters. The molecular formula is C14H13F3N2O3. The zero-order chi connectivity index (χ0) is 16.1. The Hall–Kier alpha value is -2.12. The van der Waals surface area contributed by atoms with Crippen molar-refractivity contribution in [1.82, 2.24) is 9.88 Å². The van der Waals surface area contributed by atoms with Crippen molar-refractivity contribution in [3.05, 3.63) is 29.1 Å². The van der Waals surface area contributed by atoms with Gasteiger partial charge in [0.05, 0.1) is 18.4 Å². The van der Waals surface area contributed by atoms with E-state index in [1.54, 1.807) is 0 Å². The summed E-state index contributed by atoms with van der Waals surface area (Å²) in [5.41, 5.74) is -1.21. The lowest BCUT2D eigenvalue weighted by Crippen LogP contribution is -2.46. The van der Waals surface area contributed by atoms with Crippen LogP contribution in [0.3, 0.4) is 0 Å². The number of esters is 1. The number of amides is 1. The number of carbonyl (C=O) groups excluding carboxylic acids is 2. The van der Waals surface area contributed by atoms with Gasteiger partial charge in [0.1, 0.15) is 12.2 Å². The first kappa shape index (κ1) is 14.8. The Morgan fingerprint density at radius 1 is 1.41 bits per heavy atom. The first-order chi connectivity index (χ1) is 10.3. The van der Waals surface area contributed by atoms with E-state index in [0.29, 0.717) is 12.8 Å². The van der Waals surface area contributed by atoms with Crippen LogP contribution in [0.15, 0.2) is 12.1 Å². The lowest BCUT2D eigenvalue weighted by atomic mass is 9.91. The molecule has 0 radical (unpaired) electrons. The van der Waals surface area contributed by atoms with Crippen molar-refractivity contribution in [2.45, 2.75) is 24.4 Å². The molecular weight excluding hydrogens is 301 g/mol. The van der Waals surface area contributed by atoms with Crippen molar-refractivity contribution in [2.75, 3.05) is 20.2 Å². The summed E-state index contributed by atoms with van der Waals surface area (Å²) in [6, 6.07) is 1.95. The Balaban J connectivity index is 1.99. The number of fused-ring (bicyclic) bond motifs is 2. The number of nitrogens with zero attached hydrogens (tertiary/aromatic N) is 2. The number of pyridine rings is 1. The third-order valence-electron chi connectivity index (χ3n) is 4.10. The maximum Gasteiger partial charge on any atom is 0.433 e. The lowest BCUT2D eigenvalue weighted by Gasteiger charge is -2.33. The summed E-state index contributed by atoms with van der Waals surface area (Å²) in [7, 11) is 1.22. The summed E-state index contributed by atoms with van der Waals surface area (Å²) < 4.78 is 43.0. The summed E-state index contributed by atoms with van der Waals surface area (Å²) in [4.78, 5) is 28.7. The van der Waals surface area contributed by atoms with Crippen LogP contribution < -0.4 is 0 Å². The highest BCUT2D eigenvalue weighted by Gasteiger charge is 2.53. The van der Waals surface area contributed by atoms with Gasteiger partial charge in [-0.05, 0) is 25.0 Å². The smallest absolute Gasteiger partial charge is 0.433 e. The molecule has 0 bridgehead atoms. The van der Waals surface area contributed by atoms with Gasteiger partial charge in [-0.2, -0.15) is 13.2 Å². The molecule has 2 heterocycles. The van der Waals surface area contributed by atoms with Gasteiger partial charge in [0, 0.05) is 12.0 Å². The predicted octanol–water partition coefficient (Wildman–Crippen LogP) is 1.76. The number of alkyl halides is 3.